The standard InChI is InChI=1S/C31H39N5O2/c1-30(2,3)23-11-13-26(14-12-23)36(29(38)31-17-15-25(16-18-31)35(31)21-32)27(22-8-7-19-33-20-22)28(37)34-24-9-5-4-6-10-24/h7-8,11-14,19-20,24-25,27H,4-6,9-10,15-18H2,1-3H3,(H,34,37). The number of hydrogen-bond acceptors (Lipinski definition) is 5. The van der Waals surface area contributed by atoms with Crippen LogP contribution in [0.2, 0.25) is 0 Å². The van der Waals surface area contributed by atoms with Gasteiger partial charge in [-0.15, -0.1) is 0 Å². The van der Waals surface area contributed by atoms with Crippen LogP contribution >= 0.6 is 0 Å². The monoisotopic (exact) mass is 513 g/mol. The van der Waals surface area contributed by atoms with Crippen molar-refractivity contribution in [1.29, 1.82) is 5.26 Å². The summed E-state index contributed by atoms with van der Waals surface area (Å²) in [5.74, 6) is -0.360. The maximum Gasteiger partial charge on any atom is 0.254 e. The Morgan fingerprint density at radius 1 is 1.08 bits per heavy atom. The number of nitriles is 1. The second kappa shape index (κ2) is 10.4. The number of benzene rings is 1. The predicted octanol–water partition coefficient (Wildman–Crippen LogP) is 5.38. The van der Waals surface area contributed by atoms with Gasteiger partial charge in [-0.3, -0.25) is 24.4 Å². The van der Waals surface area contributed by atoms with E-state index in [9.17, 15) is 14.9 Å². The highest BCUT2D eigenvalue weighted by Crippen LogP contribution is 2.48. The number of nitrogens with zero attached hydrogens (tertiary/aromatic N) is 4. The molecule has 2 aromatic rings. The number of carbonyl (C=O) groups excluding carboxylic acids is 2. The lowest BCUT2D eigenvalue weighted by Gasteiger charge is -2.40. The van der Waals surface area contributed by atoms with Crippen molar-refractivity contribution in [2.24, 2.45) is 0 Å². The highest BCUT2D eigenvalue weighted by atomic mass is 16.2. The Balaban J connectivity index is 1.60. The van der Waals surface area contributed by atoms with Gasteiger partial charge in [0.25, 0.3) is 5.91 Å². The van der Waals surface area contributed by atoms with E-state index in [1.807, 2.05) is 36.4 Å². The van der Waals surface area contributed by atoms with Gasteiger partial charge in [-0.2, -0.15) is 5.26 Å². The average Bonchev–Trinajstić information content (AvgIpc) is 3.48. The molecule has 1 N–H and O–H groups in total. The Morgan fingerprint density at radius 2 is 1.76 bits per heavy atom. The molecule has 3 aliphatic rings. The Kier molecular flexibility index (Phi) is 7.17. The predicted molar refractivity (Wildman–Crippen MR) is 147 cm³/mol. The third-order valence-corrected chi connectivity index (χ3v) is 8.80. The summed E-state index contributed by atoms with van der Waals surface area (Å²) in [6.45, 7) is 6.46. The minimum Gasteiger partial charge on any atom is -0.351 e. The molecule has 1 aromatic carbocycles. The smallest absolute Gasteiger partial charge is 0.254 e. The van der Waals surface area contributed by atoms with Crippen molar-refractivity contribution in [3.05, 3.63) is 59.9 Å². The fourth-order valence-electron chi connectivity index (χ4n) is 6.64. The molecule has 0 radical (unpaired) electrons. The van der Waals surface area contributed by atoms with Crippen LogP contribution < -0.4 is 10.2 Å². The summed E-state index contributed by atoms with van der Waals surface area (Å²) in [6.07, 6.45) is 13.9. The minimum atomic E-state index is -0.909. The number of anilines is 1. The zero-order valence-corrected chi connectivity index (χ0v) is 22.8. The van der Waals surface area contributed by atoms with E-state index in [0.717, 1.165) is 44.1 Å². The Labute approximate surface area is 226 Å². The van der Waals surface area contributed by atoms with E-state index in [0.29, 0.717) is 24.1 Å². The number of hydrogen-bond donors (Lipinski definition) is 1. The maximum atomic E-state index is 14.7. The van der Waals surface area contributed by atoms with Crippen molar-refractivity contribution in [1.82, 2.24) is 15.2 Å². The fraction of sp³-hybridized carbons (Fsp3) is 0.548. The van der Waals surface area contributed by atoms with Crippen LogP contribution in [0.5, 0.6) is 0 Å². The second-order valence-corrected chi connectivity index (χ2v) is 12.2. The molecule has 7 nitrogen and oxygen atoms in total. The minimum absolute atomic E-state index is 0.0467. The van der Waals surface area contributed by atoms with Crippen LogP contribution in [0.25, 0.3) is 0 Å². The molecule has 3 fully saturated rings. The van der Waals surface area contributed by atoms with E-state index in [1.54, 1.807) is 22.2 Å². The van der Waals surface area contributed by atoms with Gasteiger partial charge in [0.15, 0.2) is 6.19 Å². The van der Waals surface area contributed by atoms with Crippen LogP contribution in [-0.4, -0.2) is 39.3 Å². The first-order valence-electron chi connectivity index (χ1n) is 14.1. The maximum absolute atomic E-state index is 14.7. The molecule has 2 bridgehead atoms. The largest absolute Gasteiger partial charge is 0.351 e. The molecule has 0 spiro atoms. The van der Waals surface area contributed by atoms with E-state index in [2.05, 4.69) is 37.3 Å². The van der Waals surface area contributed by atoms with Gasteiger partial charge in [0.2, 0.25) is 5.91 Å². The molecule has 1 aromatic heterocycles. The molecular formula is C31H39N5O2. The summed E-state index contributed by atoms with van der Waals surface area (Å²) >= 11 is 0. The molecule has 38 heavy (non-hydrogen) atoms. The zero-order valence-electron chi connectivity index (χ0n) is 22.8. The van der Waals surface area contributed by atoms with Crippen molar-refractivity contribution in [2.45, 2.75) is 108 Å². The first-order chi connectivity index (χ1) is 18.2. The molecule has 5 rings (SSSR count). The number of pyridine rings is 1. The van der Waals surface area contributed by atoms with E-state index in [1.165, 1.54) is 6.42 Å². The molecule has 1 unspecified atom stereocenters. The van der Waals surface area contributed by atoms with Crippen molar-refractivity contribution in [3.63, 3.8) is 0 Å². The van der Waals surface area contributed by atoms with Crippen molar-refractivity contribution >= 4 is 17.5 Å². The number of rotatable bonds is 6. The third-order valence-electron chi connectivity index (χ3n) is 8.80. The molecule has 1 atom stereocenters. The zero-order chi connectivity index (χ0) is 26.9. The average molecular weight is 514 g/mol. The fourth-order valence-corrected chi connectivity index (χ4v) is 6.64. The van der Waals surface area contributed by atoms with Crippen molar-refractivity contribution in [3.8, 4) is 6.19 Å². The molecule has 1 saturated carbocycles. The lowest BCUT2D eigenvalue weighted by Crippen LogP contribution is -2.57. The van der Waals surface area contributed by atoms with Gasteiger partial charge in [-0.25, -0.2) is 0 Å². The van der Waals surface area contributed by atoms with E-state index < -0.39 is 11.6 Å². The van der Waals surface area contributed by atoms with Crippen LogP contribution in [0.15, 0.2) is 48.8 Å². The number of nitrogens with one attached hydrogen (secondary N) is 1. The van der Waals surface area contributed by atoms with Crippen LogP contribution in [0.3, 0.4) is 0 Å². The van der Waals surface area contributed by atoms with Gasteiger partial charge in [0.05, 0.1) is 0 Å². The summed E-state index contributed by atoms with van der Waals surface area (Å²) in [5, 5.41) is 13.3. The summed E-state index contributed by atoms with van der Waals surface area (Å²) in [7, 11) is 0. The molecule has 1 aliphatic carbocycles. The molecule has 3 heterocycles. The van der Waals surface area contributed by atoms with Crippen LogP contribution in [-0.2, 0) is 15.0 Å². The molecular weight excluding hydrogens is 474 g/mol. The van der Waals surface area contributed by atoms with Crippen LogP contribution in [0, 0.1) is 11.5 Å². The van der Waals surface area contributed by atoms with Gasteiger partial charge in [0.1, 0.15) is 11.6 Å². The van der Waals surface area contributed by atoms with Crippen LogP contribution in [0.1, 0.15) is 95.7 Å². The van der Waals surface area contributed by atoms with Gasteiger partial charge in [-0.1, -0.05) is 58.2 Å². The lowest BCUT2D eigenvalue weighted by atomic mass is 9.84. The molecule has 7 heteroatoms. The van der Waals surface area contributed by atoms with Crippen molar-refractivity contribution < 1.29 is 9.59 Å². The lowest BCUT2D eigenvalue weighted by molar-refractivity contribution is -0.131. The van der Waals surface area contributed by atoms with Crippen LogP contribution in [0.4, 0.5) is 5.69 Å². The summed E-state index contributed by atoms with van der Waals surface area (Å²) in [4.78, 5) is 36.5. The second-order valence-electron chi connectivity index (χ2n) is 12.2. The van der Waals surface area contributed by atoms with Gasteiger partial charge in [0, 0.05) is 35.7 Å². The first-order valence-corrected chi connectivity index (χ1v) is 14.1. The summed E-state index contributed by atoms with van der Waals surface area (Å²) in [5.41, 5.74) is 1.53. The molecule has 2 saturated heterocycles. The van der Waals surface area contributed by atoms with Gasteiger partial charge < -0.3 is 5.32 Å². The summed E-state index contributed by atoms with van der Waals surface area (Å²) in [6, 6.07) is 11.0. The van der Waals surface area contributed by atoms with Crippen molar-refractivity contribution in [2.75, 3.05) is 4.90 Å². The Morgan fingerprint density at radius 3 is 2.34 bits per heavy atom. The van der Waals surface area contributed by atoms with Gasteiger partial charge >= 0.3 is 0 Å². The molecule has 200 valence electrons. The first kappa shape index (κ1) is 26.2. The Bertz CT molecular complexity index is 1180. The number of fused-ring (bicyclic) bond motifs is 2. The number of amides is 2. The number of aromatic nitrogens is 1. The SMILES string of the molecule is CC(C)(C)c1ccc(N(C(=O)C23CCC(CC2)N3C#N)C(C(=O)NC2CCCCC2)c2cccnc2)cc1. The quantitative estimate of drug-likeness (QED) is 0.524. The summed E-state index contributed by atoms with van der Waals surface area (Å²) < 4.78 is 0. The van der Waals surface area contributed by atoms with E-state index in [-0.39, 0.29) is 29.3 Å². The Hall–Kier alpha value is -3.40. The highest BCUT2D eigenvalue weighted by Gasteiger charge is 2.59. The van der Waals surface area contributed by atoms with E-state index >= 15 is 0 Å². The topological polar surface area (TPSA) is 89.3 Å². The normalized spacial score (nSPS) is 24.1. The van der Waals surface area contributed by atoms with E-state index in [4.69, 9.17) is 0 Å². The third kappa shape index (κ3) is 4.77. The van der Waals surface area contributed by atoms with Gasteiger partial charge in [-0.05, 0) is 67.7 Å². The molecule has 2 aliphatic heterocycles. The molecule has 2 amide bonds. The highest BCUT2D eigenvalue weighted by molar-refractivity contribution is 6.06. The number of carbonyl (C=O) groups is 2.